The first-order valence-electron chi connectivity index (χ1n) is 11.1. The number of carbonyl (C=O) groups is 2. The number of imide groups is 1. The summed E-state index contributed by atoms with van der Waals surface area (Å²) >= 11 is 0. The fourth-order valence-electron chi connectivity index (χ4n) is 5.86. The Hall–Kier alpha value is -1.22. The Morgan fingerprint density at radius 2 is 1.87 bits per heavy atom. The molecule has 8 atom stereocenters. The molecule has 3 rings (SSSR count). The molecule has 0 aromatic heterocycles. The van der Waals surface area contributed by atoms with Crippen molar-refractivity contribution in [2.75, 3.05) is 6.61 Å². The Kier molecular flexibility index (Phi) is 6.54. The van der Waals surface area contributed by atoms with Crippen molar-refractivity contribution >= 4 is 12.0 Å². The zero-order chi connectivity index (χ0) is 22.4. The second kappa shape index (κ2) is 8.37. The molecule has 0 radical (unpaired) electrons. The molecular weight excluding hydrogens is 390 g/mol. The average Bonchev–Trinajstić information content (AvgIpc) is 3.01. The van der Waals surface area contributed by atoms with Gasteiger partial charge in [-0.3, -0.25) is 4.79 Å². The summed E-state index contributed by atoms with van der Waals surface area (Å²) in [5, 5.41) is 30.4. The van der Waals surface area contributed by atoms with Gasteiger partial charge in [0, 0.05) is 11.8 Å². The molecule has 2 saturated carbocycles. The highest BCUT2D eigenvalue weighted by atomic mass is 16.6. The first-order valence-corrected chi connectivity index (χ1v) is 11.1. The van der Waals surface area contributed by atoms with Crippen LogP contribution in [0.3, 0.4) is 0 Å². The van der Waals surface area contributed by atoms with Crippen LogP contribution >= 0.6 is 0 Å². The number of amides is 2. The zero-order valence-electron chi connectivity index (χ0n) is 18.7. The Bertz CT molecular complexity index is 668. The molecule has 2 aliphatic carbocycles. The number of carbonyl (C=O) groups excluding carboxylic acids is 2. The van der Waals surface area contributed by atoms with Gasteiger partial charge in [-0.15, -0.1) is 0 Å². The standard InChI is InChI=1S/C22H37NO7/c1-6-7-16(25)23(17-12(2)29-14(11-24)18(26)19(17)27)20(28)30-15-10-13-8-9-22(15,5)21(13,3)4/h12-15,17-19,24,26-27H,6-11H2,1-5H3/t12?,13?,14-,15-,17+,18-,19-,22?/m1/s1. The largest absolute Gasteiger partial charge is 0.445 e. The minimum atomic E-state index is -1.44. The van der Waals surface area contributed by atoms with Gasteiger partial charge in [0.05, 0.1) is 18.8 Å². The van der Waals surface area contributed by atoms with Crippen molar-refractivity contribution < 1.29 is 34.4 Å². The molecule has 3 fully saturated rings. The maximum Gasteiger partial charge on any atom is 0.417 e. The highest BCUT2D eigenvalue weighted by Gasteiger charge is 2.63. The summed E-state index contributed by atoms with van der Waals surface area (Å²) in [4.78, 5) is 27.1. The Morgan fingerprint density at radius 1 is 1.20 bits per heavy atom. The van der Waals surface area contributed by atoms with Gasteiger partial charge >= 0.3 is 6.09 Å². The van der Waals surface area contributed by atoms with Gasteiger partial charge in [0.1, 0.15) is 24.4 Å². The van der Waals surface area contributed by atoms with Gasteiger partial charge in [-0.2, -0.15) is 0 Å². The van der Waals surface area contributed by atoms with Crippen LogP contribution in [0.4, 0.5) is 4.79 Å². The van der Waals surface area contributed by atoms with Gasteiger partial charge < -0.3 is 24.8 Å². The summed E-state index contributed by atoms with van der Waals surface area (Å²) < 4.78 is 11.5. The topological polar surface area (TPSA) is 117 Å². The molecule has 2 amide bonds. The third kappa shape index (κ3) is 3.55. The van der Waals surface area contributed by atoms with Crippen LogP contribution in [0.5, 0.6) is 0 Å². The Balaban J connectivity index is 1.84. The van der Waals surface area contributed by atoms with E-state index in [0.29, 0.717) is 12.3 Å². The van der Waals surface area contributed by atoms with Crippen LogP contribution in [-0.4, -0.2) is 75.4 Å². The van der Waals surface area contributed by atoms with Gasteiger partial charge in [0.25, 0.3) is 0 Å². The summed E-state index contributed by atoms with van der Waals surface area (Å²) in [6.45, 7) is 9.54. The molecule has 3 N–H and O–H groups in total. The average molecular weight is 428 g/mol. The molecule has 8 heteroatoms. The molecule has 1 saturated heterocycles. The zero-order valence-corrected chi connectivity index (χ0v) is 18.7. The quantitative estimate of drug-likeness (QED) is 0.613. The van der Waals surface area contributed by atoms with E-state index in [1.165, 1.54) is 0 Å². The van der Waals surface area contributed by atoms with E-state index in [2.05, 4.69) is 20.8 Å². The van der Waals surface area contributed by atoms with E-state index in [-0.39, 0.29) is 23.4 Å². The lowest BCUT2D eigenvalue weighted by Crippen LogP contribution is -2.65. The number of ether oxygens (including phenoxy) is 2. The van der Waals surface area contributed by atoms with Gasteiger partial charge in [-0.1, -0.05) is 27.7 Å². The number of aliphatic hydroxyl groups is 3. The molecular formula is C22H37NO7. The molecule has 3 unspecified atom stereocenters. The number of nitrogens with zero attached hydrogens (tertiary/aromatic N) is 1. The van der Waals surface area contributed by atoms with Crippen LogP contribution in [0, 0.1) is 16.7 Å². The van der Waals surface area contributed by atoms with Crippen LogP contribution in [-0.2, 0) is 14.3 Å². The molecule has 1 aliphatic heterocycles. The summed E-state index contributed by atoms with van der Waals surface area (Å²) in [6, 6.07) is -1.09. The maximum absolute atomic E-state index is 13.3. The monoisotopic (exact) mass is 427 g/mol. The van der Waals surface area contributed by atoms with Crippen molar-refractivity contribution in [3.8, 4) is 0 Å². The van der Waals surface area contributed by atoms with E-state index >= 15 is 0 Å². The van der Waals surface area contributed by atoms with Crippen LogP contribution in [0.15, 0.2) is 0 Å². The summed E-state index contributed by atoms with van der Waals surface area (Å²) in [5.74, 6) is -0.000950. The van der Waals surface area contributed by atoms with E-state index in [1.54, 1.807) is 6.92 Å². The highest BCUT2D eigenvalue weighted by molar-refractivity contribution is 5.92. The number of hydrogen-bond donors (Lipinski definition) is 3. The lowest BCUT2D eigenvalue weighted by molar-refractivity contribution is -0.208. The third-order valence-corrected chi connectivity index (χ3v) is 8.32. The second-order valence-corrected chi connectivity index (χ2v) is 10.0. The summed E-state index contributed by atoms with van der Waals surface area (Å²) in [7, 11) is 0. The maximum atomic E-state index is 13.3. The first kappa shape index (κ1) is 23.4. The molecule has 8 nitrogen and oxygen atoms in total. The summed E-state index contributed by atoms with van der Waals surface area (Å²) in [5.41, 5.74) is -0.122. The molecule has 0 aromatic carbocycles. The Labute approximate surface area is 178 Å². The molecule has 0 spiro atoms. The van der Waals surface area contributed by atoms with E-state index < -0.39 is 49.1 Å². The normalized spacial score (nSPS) is 42.2. The number of aliphatic hydroxyl groups excluding tert-OH is 3. The van der Waals surface area contributed by atoms with E-state index in [1.807, 2.05) is 6.92 Å². The SMILES string of the molecule is CCCC(=O)N(C(=O)O[C@@H]1CC2CCC1(C)C2(C)C)[C@H]1C(C)O[C@H](CO)[C@@H](O)[C@@H]1O. The van der Waals surface area contributed by atoms with E-state index in [0.717, 1.165) is 24.2 Å². The lowest BCUT2D eigenvalue weighted by Gasteiger charge is -2.45. The second-order valence-electron chi connectivity index (χ2n) is 10.0. The van der Waals surface area contributed by atoms with Crippen molar-refractivity contribution in [1.82, 2.24) is 4.90 Å². The minimum Gasteiger partial charge on any atom is -0.445 e. The van der Waals surface area contributed by atoms with Crippen molar-refractivity contribution in [2.45, 2.75) is 103 Å². The first-order chi connectivity index (χ1) is 14.0. The number of rotatable bonds is 5. The van der Waals surface area contributed by atoms with E-state index in [9.17, 15) is 24.9 Å². The summed E-state index contributed by atoms with van der Waals surface area (Å²) in [6.07, 6.45) is -2.22. The predicted octanol–water partition coefficient (Wildman–Crippen LogP) is 1.84. The number of hydrogen-bond acceptors (Lipinski definition) is 7. The fraction of sp³-hybridized carbons (Fsp3) is 0.909. The van der Waals surface area contributed by atoms with Crippen molar-refractivity contribution in [3.05, 3.63) is 0 Å². The molecule has 1 heterocycles. The van der Waals surface area contributed by atoms with Crippen molar-refractivity contribution in [3.63, 3.8) is 0 Å². The molecule has 30 heavy (non-hydrogen) atoms. The van der Waals surface area contributed by atoms with E-state index in [4.69, 9.17) is 9.47 Å². The van der Waals surface area contributed by atoms with Crippen molar-refractivity contribution in [2.24, 2.45) is 16.7 Å². The Morgan fingerprint density at radius 3 is 2.37 bits per heavy atom. The van der Waals surface area contributed by atoms with Crippen LogP contribution in [0.2, 0.25) is 0 Å². The van der Waals surface area contributed by atoms with Crippen LogP contribution in [0.1, 0.15) is 66.7 Å². The van der Waals surface area contributed by atoms with Gasteiger partial charge in [-0.25, -0.2) is 9.69 Å². The highest BCUT2D eigenvalue weighted by Crippen LogP contribution is 2.66. The molecule has 3 aliphatic rings. The molecule has 172 valence electrons. The number of fused-ring (bicyclic) bond motifs is 2. The van der Waals surface area contributed by atoms with Gasteiger partial charge in [0.2, 0.25) is 5.91 Å². The fourth-order valence-corrected chi connectivity index (χ4v) is 5.86. The molecule has 2 bridgehead atoms. The van der Waals surface area contributed by atoms with Crippen LogP contribution < -0.4 is 0 Å². The smallest absolute Gasteiger partial charge is 0.417 e. The van der Waals surface area contributed by atoms with Crippen molar-refractivity contribution in [1.29, 1.82) is 0 Å². The third-order valence-electron chi connectivity index (χ3n) is 8.32. The molecule has 0 aromatic rings. The van der Waals surface area contributed by atoms with Gasteiger partial charge in [-0.05, 0) is 43.9 Å². The van der Waals surface area contributed by atoms with Crippen LogP contribution in [0.25, 0.3) is 0 Å². The lowest BCUT2D eigenvalue weighted by atomic mass is 9.70. The predicted molar refractivity (Wildman–Crippen MR) is 108 cm³/mol. The minimum absolute atomic E-state index is 0.0432. The van der Waals surface area contributed by atoms with Gasteiger partial charge in [0.15, 0.2) is 0 Å².